The van der Waals surface area contributed by atoms with Crippen molar-refractivity contribution in [3.8, 4) is 0 Å². The number of rotatable bonds is 2. The van der Waals surface area contributed by atoms with Gasteiger partial charge in [-0.15, -0.1) is 0 Å². The third kappa shape index (κ3) is 1.55. The van der Waals surface area contributed by atoms with Crippen LogP contribution in [0.4, 0.5) is 4.39 Å². The molecule has 0 saturated heterocycles. The molecule has 1 aromatic carbocycles. The van der Waals surface area contributed by atoms with Gasteiger partial charge in [0.05, 0.1) is 0 Å². The molecule has 0 amide bonds. The average Bonchev–Trinajstić information content (AvgIpc) is 2.58. The Balaban J connectivity index is 2.28. The fourth-order valence-corrected chi connectivity index (χ4v) is 1.54. The first-order valence-corrected chi connectivity index (χ1v) is 4.32. The molecule has 0 aromatic heterocycles. The standard InChI is InChI=1S/C12H10F/c13-9-3-5-11-8-7-10-4-1-2-6-12(10)11/h1-7,11H,9H2. The number of fused-ring (bicyclic) bond motifs is 1. The zero-order chi connectivity index (χ0) is 9.10. The van der Waals surface area contributed by atoms with Crippen LogP contribution in [0.25, 0.3) is 6.08 Å². The normalized spacial score (nSPS) is 19.6. The van der Waals surface area contributed by atoms with Crippen molar-refractivity contribution < 1.29 is 4.39 Å². The quantitative estimate of drug-likeness (QED) is 0.603. The number of benzene rings is 1. The van der Waals surface area contributed by atoms with E-state index in [1.165, 1.54) is 17.2 Å². The highest BCUT2D eigenvalue weighted by molar-refractivity contribution is 5.61. The molecule has 1 unspecified atom stereocenters. The maximum atomic E-state index is 11.9. The summed E-state index contributed by atoms with van der Waals surface area (Å²) < 4.78 is 11.9. The lowest BCUT2D eigenvalue weighted by Crippen LogP contribution is -1.88. The molecule has 1 heteroatoms. The summed E-state index contributed by atoms with van der Waals surface area (Å²) in [5.41, 5.74) is 2.41. The lowest BCUT2D eigenvalue weighted by atomic mass is 10.0. The molecule has 0 heterocycles. The summed E-state index contributed by atoms with van der Waals surface area (Å²) in [6, 6.07) is 8.10. The van der Waals surface area contributed by atoms with Crippen molar-refractivity contribution in [2.75, 3.05) is 6.67 Å². The first-order valence-electron chi connectivity index (χ1n) is 4.32. The minimum atomic E-state index is -0.402. The molecule has 0 saturated carbocycles. The van der Waals surface area contributed by atoms with Gasteiger partial charge < -0.3 is 0 Å². The molecule has 65 valence electrons. The Morgan fingerprint density at radius 1 is 1.38 bits per heavy atom. The summed E-state index contributed by atoms with van der Waals surface area (Å²) in [6.45, 7) is -0.402. The summed E-state index contributed by atoms with van der Waals surface area (Å²) >= 11 is 0. The maximum absolute atomic E-state index is 11.9. The molecule has 0 aliphatic heterocycles. The third-order valence-corrected chi connectivity index (χ3v) is 2.17. The van der Waals surface area contributed by atoms with Gasteiger partial charge in [0.2, 0.25) is 0 Å². The minimum absolute atomic E-state index is 0.145. The van der Waals surface area contributed by atoms with Crippen LogP contribution >= 0.6 is 0 Å². The Morgan fingerprint density at radius 2 is 2.23 bits per heavy atom. The van der Waals surface area contributed by atoms with E-state index in [9.17, 15) is 4.39 Å². The fourth-order valence-electron chi connectivity index (χ4n) is 1.54. The van der Waals surface area contributed by atoms with E-state index in [0.717, 1.165) is 0 Å². The molecule has 1 aliphatic carbocycles. The highest BCUT2D eigenvalue weighted by Gasteiger charge is 2.13. The van der Waals surface area contributed by atoms with Gasteiger partial charge in [0, 0.05) is 5.92 Å². The molecule has 1 aromatic rings. The van der Waals surface area contributed by atoms with Crippen molar-refractivity contribution in [1.82, 2.24) is 0 Å². The van der Waals surface area contributed by atoms with E-state index >= 15 is 0 Å². The fraction of sp³-hybridized carbons (Fsp3) is 0.167. The number of halogens is 1. The van der Waals surface area contributed by atoms with Crippen molar-refractivity contribution in [2.24, 2.45) is 0 Å². The smallest absolute Gasteiger partial charge is 0.108 e. The topological polar surface area (TPSA) is 0 Å². The van der Waals surface area contributed by atoms with Crippen LogP contribution < -0.4 is 0 Å². The second-order valence-electron chi connectivity index (χ2n) is 3.00. The van der Waals surface area contributed by atoms with Crippen LogP contribution in [-0.2, 0) is 0 Å². The Morgan fingerprint density at radius 3 is 3.08 bits per heavy atom. The molecule has 13 heavy (non-hydrogen) atoms. The van der Waals surface area contributed by atoms with Crippen molar-refractivity contribution in [3.05, 3.63) is 53.6 Å². The van der Waals surface area contributed by atoms with E-state index in [0.29, 0.717) is 0 Å². The van der Waals surface area contributed by atoms with Gasteiger partial charge >= 0.3 is 0 Å². The van der Waals surface area contributed by atoms with Crippen molar-refractivity contribution in [3.63, 3.8) is 0 Å². The molecule has 1 aliphatic rings. The lowest BCUT2D eigenvalue weighted by molar-refractivity contribution is 0.560. The monoisotopic (exact) mass is 173 g/mol. The SMILES string of the molecule is FCC=CC1[C]=Cc2ccccc21. The maximum Gasteiger partial charge on any atom is 0.108 e. The highest BCUT2D eigenvalue weighted by Crippen LogP contribution is 2.29. The van der Waals surface area contributed by atoms with Gasteiger partial charge in [-0.05, 0) is 17.2 Å². The van der Waals surface area contributed by atoms with Crippen molar-refractivity contribution in [1.29, 1.82) is 0 Å². The second kappa shape index (κ2) is 3.56. The summed E-state index contributed by atoms with van der Waals surface area (Å²) in [5.74, 6) is 0.145. The first-order chi connectivity index (χ1) is 6.42. The molecule has 0 nitrogen and oxygen atoms in total. The highest BCUT2D eigenvalue weighted by atomic mass is 19.1. The van der Waals surface area contributed by atoms with E-state index in [-0.39, 0.29) is 5.92 Å². The Hall–Kier alpha value is -1.37. The first kappa shape index (κ1) is 8.24. The molecule has 1 radical (unpaired) electrons. The molecule has 0 spiro atoms. The van der Waals surface area contributed by atoms with Crippen LogP contribution in [0.2, 0.25) is 0 Å². The van der Waals surface area contributed by atoms with Crippen LogP contribution in [0.15, 0.2) is 36.4 Å². The van der Waals surface area contributed by atoms with Gasteiger partial charge in [-0.3, -0.25) is 0 Å². The van der Waals surface area contributed by atoms with Gasteiger partial charge in [-0.1, -0.05) is 42.5 Å². The van der Waals surface area contributed by atoms with E-state index in [4.69, 9.17) is 0 Å². The van der Waals surface area contributed by atoms with E-state index in [1.54, 1.807) is 0 Å². The molecular formula is C12H10F. The summed E-state index contributed by atoms with van der Waals surface area (Å²) in [4.78, 5) is 0. The van der Waals surface area contributed by atoms with E-state index in [1.807, 2.05) is 30.4 Å². The molecule has 0 bridgehead atoms. The van der Waals surface area contributed by atoms with Crippen LogP contribution in [0.3, 0.4) is 0 Å². The largest absolute Gasteiger partial charge is 0.247 e. The van der Waals surface area contributed by atoms with Crippen molar-refractivity contribution in [2.45, 2.75) is 5.92 Å². The van der Waals surface area contributed by atoms with Crippen LogP contribution in [0.5, 0.6) is 0 Å². The lowest BCUT2D eigenvalue weighted by Gasteiger charge is -2.03. The van der Waals surface area contributed by atoms with Crippen LogP contribution in [0, 0.1) is 6.08 Å². The van der Waals surface area contributed by atoms with E-state index in [2.05, 4.69) is 12.1 Å². The summed E-state index contributed by atoms with van der Waals surface area (Å²) in [7, 11) is 0. The Bertz CT molecular complexity index is 350. The summed E-state index contributed by atoms with van der Waals surface area (Å²) in [6.07, 6.45) is 8.52. The van der Waals surface area contributed by atoms with Gasteiger partial charge in [0.25, 0.3) is 0 Å². The predicted molar refractivity (Wildman–Crippen MR) is 52.0 cm³/mol. The van der Waals surface area contributed by atoms with Gasteiger partial charge in [-0.2, -0.15) is 0 Å². The van der Waals surface area contributed by atoms with Gasteiger partial charge in [0.15, 0.2) is 0 Å². The minimum Gasteiger partial charge on any atom is -0.247 e. The molecule has 2 rings (SSSR count). The van der Waals surface area contributed by atoms with Crippen LogP contribution in [0.1, 0.15) is 17.0 Å². The molecule has 0 N–H and O–H groups in total. The van der Waals surface area contributed by atoms with Gasteiger partial charge in [0.1, 0.15) is 6.67 Å². The van der Waals surface area contributed by atoms with E-state index < -0.39 is 6.67 Å². The van der Waals surface area contributed by atoms with Gasteiger partial charge in [-0.25, -0.2) is 4.39 Å². The second-order valence-corrected chi connectivity index (χ2v) is 3.00. The molecular weight excluding hydrogens is 163 g/mol. The zero-order valence-electron chi connectivity index (χ0n) is 7.20. The average molecular weight is 173 g/mol. The number of hydrogen-bond donors (Lipinski definition) is 0. The Labute approximate surface area is 77.4 Å². The molecule has 1 atom stereocenters. The summed E-state index contributed by atoms with van der Waals surface area (Å²) in [5, 5.41) is 0. The van der Waals surface area contributed by atoms with Crippen molar-refractivity contribution >= 4 is 6.08 Å². The Kier molecular flexibility index (Phi) is 2.26. The predicted octanol–water partition coefficient (Wildman–Crippen LogP) is 3.13. The molecule has 0 fully saturated rings. The number of hydrogen-bond acceptors (Lipinski definition) is 0. The number of allylic oxidation sites excluding steroid dienone is 3. The van der Waals surface area contributed by atoms with Crippen LogP contribution in [-0.4, -0.2) is 6.67 Å². The third-order valence-electron chi connectivity index (χ3n) is 2.17. The number of alkyl halides is 1. The zero-order valence-corrected chi connectivity index (χ0v) is 7.20.